The number of ether oxygens (including phenoxy) is 2. The fourth-order valence-corrected chi connectivity index (χ4v) is 2.63. The predicted octanol–water partition coefficient (Wildman–Crippen LogP) is 3.02. The predicted molar refractivity (Wildman–Crippen MR) is 81.8 cm³/mol. The molecule has 0 bridgehead atoms. The molecule has 0 aliphatic carbocycles. The van der Waals surface area contributed by atoms with Crippen molar-refractivity contribution in [2.75, 3.05) is 19.5 Å². The molecule has 0 aliphatic rings. The second-order valence-electron chi connectivity index (χ2n) is 4.00. The molecule has 1 aromatic heterocycles. The van der Waals surface area contributed by atoms with Gasteiger partial charge in [0.05, 0.1) is 19.2 Å². The zero-order valence-corrected chi connectivity index (χ0v) is 13.3. The van der Waals surface area contributed by atoms with Crippen molar-refractivity contribution in [1.29, 1.82) is 0 Å². The molecule has 0 atom stereocenters. The SMILES string of the molecule is CCc1nnc(NC(=O)c2cc(Cl)c(OC)c(OC)c2)s1. The Labute approximate surface area is 131 Å². The summed E-state index contributed by atoms with van der Waals surface area (Å²) in [5.41, 5.74) is 0.353. The number of halogens is 1. The van der Waals surface area contributed by atoms with Crippen LogP contribution in [-0.4, -0.2) is 30.3 Å². The summed E-state index contributed by atoms with van der Waals surface area (Å²) in [5, 5.41) is 12.1. The number of benzene rings is 1. The topological polar surface area (TPSA) is 73.3 Å². The molecule has 1 aromatic carbocycles. The van der Waals surface area contributed by atoms with Gasteiger partial charge in [0.25, 0.3) is 5.91 Å². The highest BCUT2D eigenvalue weighted by atomic mass is 35.5. The number of hydrogen-bond acceptors (Lipinski definition) is 6. The lowest BCUT2D eigenvalue weighted by Crippen LogP contribution is -2.12. The first kappa shape index (κ1) is 15.5. The highest BCUT2D eigenvalue weighted by molar-refractivity contribution is 7.15. The van der Waals surface area contributed by atoms with E-state index in [1.807, 2.05) is 6.92 Å². The molecule has 0 spiro atoms. The van der Waals surface area contributed by atoms with E-state index < -0.39 is 0 Å². The monoisotopic (exact) mass is 327 g/mol. The van der Waals surface area contributed by atoms with E-state index in [2.05, 4.69) is 15.5 Å². The van der Waals surface area contributed by atoms with Crippen LogP contribution in [0.5, 0.6) is 11.5 Å². The van der Waals surface area contributed by atoms with Gasteiger partial charge in [0, 0.05) is 5.56 Å². The highest BCUT2D eigenvalue weighted by Gasteiger charge is 2.16. The van der Waals surface area contributed by atoms with Crippen molar-refractivity contribution < 1.29 is 14.3 Å². The highest BCUT2D eigenvalue weighted by Crippen LogP contribution is 2.36. The van der Waals surface area contributed by atoms with Crippen LogP contribution in [0.1, 0.15) is 22.3 Å². The first-order chi connectivity index (χ1) is 10.1. The van der Waals surface area contributed by atoms with E-state index in [1.165, 1.54) is 31.6 Å². The van der Waals surface area contributed by atoms with Crippen LogP contribution in [0.3, 0.4) is 0 Å². The number of carbonyl (C=O) groups is 1. The quantitative estimate of drug-likeness (QED) is 0.913. The summed E-state index contributed by atoms with van der Waals surface area (Å²) in [6.45, 7) is 1.97. The zero-order valence-electron chi connectivity index (χ0n) is 11.8. The molecule has 8 heteroatoms. The van der Waals surface area contributed by atoms with E-state index in [-0.39, 0.29) is 5.91 Å². The summed E-state index contributed by atoms with van der Waals surface area (Å²) >= 11 is 7.41. The standard InChI is InChI=1S/C13H14ClN3O3S/c1-4-10-16-17-13(21-10)15-12(18)7-5-8(14)11(20-3)9(6-7)19-2/h5-6H,4H2,1-3H3,(H,15,17,18). The number of anilines is 1. The van der Waals surface area contributed by atoms with Gasteiger partial charge in [-0.3, -0.25) is 10.1 Å². The average Bonchev–Trinajstić information content (AvgIpc) is 2.93. The number of aryl methyl sites for hydroxylation is 1. The normalized spacial score (nSPS) is 10.3. The van der Waals surface area contributed by atoms with Crippen molar-refractivity contribution >= 4 is 34.0 Å². The number of rotatable bonds is 5. The molecule has 112 valence electrons. The smallest absolute Gasteiger partial charge is 0.257 e. The second-order valence-corrected chi connectivity index (χ2v) is 5.47. The summed E-state index contributed by atoms with van der Waals surface area (Å²) in [7, 11) is 2.96. The van der Waals surface area contributed by atoms with Crippen LogP contribution < -0.4 is 14.8 Å². The van der Waals surface area contributed by atoms with Gasteiger partial charge in [-0.1, -0.05) is 29.9 Å². The van der Waals surface area contributed by atoms with E-state index in [1.54, 1.807) is 6.07 Å². The summed E-state index contributed by atoms with van der Waals surface area (Å²) < 4.78 is 10.3. The van der Waals surface area contributed by atoms with Crippen molar-refractivity contribution in [2.45, 2.75) is 13.3 Å². The molecule has 0 fully saturated rings. The van der Waals surface area contributed by atoms with Gasteiger partial charge < -0.3 is 9.47 Å². The largest absolute Gasteiger partial charge is 0.493 e. The Kier molecular flexibility index (Phi) is 4.98. The van der Waals surface area contributed by atoms with Gasteiger partial charge in [-0.05, 0) is 18.6 Å². The van der Waals surface area contributed by atoms with Crippen LogP contribution in [0.25, 0.3) is 0 Å². The molecule has 0 unspecified atom stereocenters. The Hall–Kier alpha value is -1.86. The third-order valence-corrected chi connectivity index (χ3v) is 3.95. The Morgan fingerprint density at radius 1 is 1.33 bits per heavy atom. The third-order valence-electron chi connectivity index (χ3n) is 2.69. The van der Waals surface area contributed by atoms with Gasteiger partial charge in [0.15, 0.2) is 11.5 Å². The van der Waals surface area contributed by atoms with Crippen molar-refractivity contribution in [3.63, 3.8) is 0 Å². The molecule has 0 aliphatic heterocycles. The summed E-state index contributed by atoms with van der Waals surface area (Å²) in [6, 6.07) is 3.07. The molecule has 2 aromatic rings. The Morgan fingerprint density at radius 2 is 2.10 bits per heavy atom. The van der Waals surface area contributed by atoms with Gasteiger partial charge >= 0.3 is 0 Å². The van der Waals surface area contributed by atoms with Gasteiger partial charge in [-0.25, -0.2) is 0 Å². The van der Waals surface area contributed by atoms with E-state index in [9.17, 15) is 4.79 Å². The van der Waals surface area contributed by atoms with Crippen molar-refractivity contribution in [3.05, 3.63) is 27.7 Å². The molecule has 6 nitrogen and oxygen atoms in total. The molecular formula is C13H14ClN3O3S. The average molecular weight is 328 g/mol. The van der Waals surface area contributed by atoms with E-state index >= 15 is 0 Å². The first-order valence-electron chi connectivity index (χ1n) is 6.14. The number of aromatic nitrogens is 2. The number of nitrogens with one attached hydrogen (secondary N) is 1. The van der Waals surface area contributed by atoms with E-state index in [0.29, 0.717) is 27.2 Å². The Bertz CT molecular complexity index is 660. The van der Waals surface area contributed by atoms with E-state index in [0.717, 1.165) is 11.4 Å². The van der Waals surface area contributed by atoms with Crippen LogP contribution >= 0.6 is 22.9 Å². The number of methoxy groups -OCH3 is 2. The zero-order chi connectivity index (χ0) is 15.4. The van der Waals surface area contributed by atoms with Crippen LogP contribution in [-0.2, 0) is 6.42 Å². The molecule has 1 amide bonds. The minimum absolute atomic E-state index is 0.300. The van der Waals surface area contributed by atoms with Crippen molar-refractivity contribution in [2.24, 2.45) is 0 Å². The van der Waals surface area contributed by atoms with Crippen molar-refractivity contribution in [1.82, 2.24) is 10.2 Å². The molecule has 0 saturated carbocycles. The lowest BCUT2D eigenvalue weighted by Gasteiger charge is -2.11. The van der Waals surface area contributed by atoms with Gasteiger partial charge in [-0.2, -0.15) is 0 Å². The molecule has 21 heavy (non-hydrogen) atoms. The summed E-state index contributed by atoms with van der Waals surface area (Å²) in [6.07, 6.45) is 0.774. The third kappa shape index (κ3) is 3.43. The number of nitrogens with zero attached hydrogens (tertiary/aromatic N) is 2. The van der Waals surface area contributed by atoms with Gasteiger partial charge in [0.2, 0.25) is 5.13 Å². The first-order valence-corrected chi connectivity index (χ1v) is 7.33. The summed E-state index contributed by atoms with van der Waals surface area (Å²) in [5.74, 6) is 0.443. The van der Waals surface area contributed by atoms with Crippen molar-refractivity contribution in [3.8, 4) is 11.5 Å². The molecule has 0 saturated heterocycles. The molecule has 1 N–H and O–H groups in total. The number of carbonyl (C=O) groups excluding carboxylic acids is 1. The molecule has 0 radical (unpaired) electrons. The lowest BCUT2D eigenvalue weighted by atomic mass is 10.2. The fourth-order valence-electron chi connectivity index (χ4n) is 1.67. The fraction of sp³-hybridized carbons (Fsp3) is 0.308. The maximum Gasteiger partial charge on any atom is 0.257 e. The number of hydrogen-bond donors (Lipinski definition) is 1. The Balaban J connectivity index is 2.24. The summed E-state index contributed by atoms with van der Waals surface area (Å²) in [4.78, 5) is 12.2. The maximum absolute atomic E-state index is 12.2. The van der Waals surface area contributed by atoms with Crippen LogP contribution in [0.2, 0.25) is 5.02 Å². The minimum atomic E-state index is -0.336. The van der Waals surface area contributed by atoms with E-state index in [4.69, 9.17) is 21.1 Å². The molecular weight excluding hydrogens is 314 g/mol. The second kappa shape index (κ2) is 6.73. The van der Waals surface area contributed by atoms with Crippen LogP contribution in [0.4, 0.5) is 5.13 Å². The Morgan fingerprint density at radius 3 is 2.67 bits per heavy atom. The maximum atomic E-state index is 12.2. The van der Waals surface area contributed by atoms with Gasteiger partial charge in [-0.15, -0.1) is 10.2 Å². The van der Waals surface area contributed by atoms with Crippen LogP contribution in [0, 0.1) is 0 Å². The number of amides is 1. The van der Waals surface area contributed by atoms with Crippen LogP contribution in [0.15, 0.2) is 12.1 Å². The molecule has 2 rings (SSSR count). The lowest BCUT2D eigenvalue weighted by molar-refractivity contribution is 0.102. The molecule has 1 heterocycles. The minimum Gasteiger partial charge on any atom is -0.493 e. The van der Waals surface area contributed by atoms with Gasteiger partial charge in [0.1, 0.15) is 5.01 Å².